The molecular formula is C15H19N3O2S. The first-order valence-corrected chi connectivity index (χ1v) is 7.81. The van der Waals surface area contributed by atoms with Crippen molar-refractivity contribution in [3.63, 3.8) is 0 Å². The number of aryl methyl sites for hydroxylation is 2. The second kappa shape index (κ2) is 5.27. The fraction of sp³-hybridized carbons (Fsp3) is 0.467. The van der Waals surface area contributed by atoms with Gasteiger partial charge in [0.1, 0.15) is 4.88 Å². The van der Waals surface area contributed by atoms with Crippen molar-refractivity contribution in [1.29, 1.82) is 0 Å². The lowest BCUT2D eigenvalue weighted by molar-refractivity contribution is 0.0729. The lowest BCUT2D eigenvalue weighted by atomic mass is 10.2. The Kier molecular flexibility index (Phi) is 3.59. The summed E-state index contributed by atoms with van der Waals surface area (Å²) in [5.41, 5.74) is 8.61. The van der Waals surface area contributed by atoms with Crippen LogP contribution >= 0.6 is 11.3 Å². The molecule has 2 N–H and O–H groups in total. The third kappa shape index (κ3) is 2.38. The van der Waals surface area contributed by atoms with Crippen molar-refractivity contribution < 1.29 is 9.53 Å². The minimum atomic E-state index is 0.00491. The molecule has 21 heavy (non-hydrogen) atoms. The second-order valence-corrected chi connectivity index (χ2v) is 6.52. The van der Waals surface area contributed by atoms with E-state index in [1.165, 1.54) is 11.3 Å². The Morgan fingerprint density at radius 3 is 2.95 bits per heavy atom. The van der Waals surface area contributed by atoms with E-state index in [4.69, 9.17) is 10.5 Å². The van der Waals surface area contributed by atoms with Gasteiger partial charge in [0, 0.05) is 41.7 Å². The zero-order chi connectivity index (χ0) is 15.1. The first-order valence-electron chi connectivity index (χ1n) is 6.99. The molecule has 2 aromatic heterocycles. The van der Waals surface area contributed by atoms with E-state index in [0.29, 0.717) is 17.1 Å². The highest BCUT2D eigenvalue weighted by Gasteiger charge is 2.29. The van der Waals surface area contributed by atoms with E-state index in [1.807, 2.05) is 24.8 Å². The van der Waals surface area contributed by atoms with Crippen LogP contribution in [0, 0.1) is 13.8 Å². The monoisotopic (exact) mass is 305 g/mol. The molecule has 1 unspecified atom stereocenters. The van der Waals surface area contributed by atoms with Crippen LogP contribution in [0.25, 0.3) is 10.1 Å². The van der Waals surface area contributed by atoms with E-state index in [2.05, 4.69) is 4.98 Å². The molecular weight excluding hydrogens is 286 g/mol. The van der Waals surface area contributed by atoms with Crippen LogP contribution in [-0.4, -0.2) is 42.1 Å². The Bertz CT molecular complexity index is 710. The highest BCUT2D eigenvalue weighted by molar-refractivity contribution is 7.21. The normalized spacial score (nSPS) is 18.6. The van der Waals surface area contributed by atoms with Crippen LogP contribution in [0.2, 0.25) is 0 Å². The van der Waals surface area contributed by atoms with Crippen LogP contribution in [0.1, 0.15) is 27.5 Å². The van der Waals surface area contributed by atoms with E-state index in [-0.39, 0.29) is 12.0 Å². The lowest BCUT2D eigenvalue weighted by Gasteiger charge is -2.15. The average Bonchev–Trinajstić information content (AvgIpc) is 3.02. The number of anilines is 1. The molecule has 2 aromatic rings. The number of carbonyl (C=O) groups excluding carboxylic acids is 1. The number of nitrogens with zero attached hydrogens (tertiary/aromatic N) is 2. The fourth-order valence-electron chi connectivity index (χ4n) is 2.89. The minimum Gasteiger partial charge on any atom is -0.397 e. The molecule has 0 aromatic carbocycles. The van der Waals surface area contributed by atoms with Gasteiger partial charge in [0.15, 0.2) is 0 Å². The predicted octanol–water partition coefficient (Wildman–Crippen LogP) is 2.36. The lowest BCUT2D eigenvalue weighted by Crippen LogP contribution is -2.29. The number of ether oxygens (including phenoxy) is 1. The maximum Gasteiger partial charge on any atom is 0.266 e. The number of nitrogen functional groups attached to an aromatic ring is 1. The zero-order valence-electron chi connectivity index (χ0n) is 12.5. The molecule has 1 saturated heterocycles. The number of methoxy groups -OCH3 is 1. The van der Waals surface area contributed by atoms with Crippen molar-refractivity contribution in [3.8, 4) is 0 Å². The van der Waals surface area contributed by atoms with E-state index in [1.54, 1.807) is 7.11 Å². The number of fused-ring (bicyclic) bond motifs is 1. The third-order valence-corrected chi connectivity index (χ3v) is 5.12. The van der Waals surface area contributed by atoms with Crippen molar-refractivity contribution in [3.05, 3.63) is 22.3 Å². The molecule has 0 saturated carbocycles. The van der Waals surface area contributed by atoms with Crippen molar-refractivity contribution >= 4 is 33.0 Å². The average molecular weight is 305 g/mol. The van der Waals surface area contributed by atoms with Crippen molar-refractivity contribution in [2.45, 2.75) is 26.4 Å². The number of hydrogen-bond acceptors (Lipinski definition) is 5. The Labute approximate surface area is 127 Å². The number of amides is 1. The van der Waals surface area contributed by atoms with Gasteiger partial charge in [0.25, 0.3) is 5.91 Å². The summed E-state index contributed by atoms with van der Waals surface area (Å²) in [6.07, 6.45) is 1.02. The summed E-state index contributed by atoms with van der Waals surface area (Å²) in [7, 11) is 1.68. The standard InChI is InChI=1S/C15H19N3O2S/c1-8-6-11-12(9(2)17-8)13(16)14(21-11)15(19)18-5-4-10(7-18)20-3/h6,10H,4-5,7,16H2,1-3H3. The van der Waals surface area contributed by atoms with E-state index < -0.39 is 0 Å². The van der Waals surface area contributed by atoms with Gasteiger partial charge in [-0.15, -0.1) is 11.3 Å². The fourth-order valence-corrected chi connectivity index (χ4v) is 4.12. The van der Waals surface area contributed by atoms with Gasteiger partial charge in [0.05, 0.1) is 11.8 Å². The summed E-state index contributed by atoms with van der Waals surface area (Å²) >= 11 is 1.46. The van der Waals surface area contributed by atoms with Crippen molar-refractivity contribution in [1.82, 2.24) is 9.88 Å². The van der Waals surface area contributed by atoms with Gasteiger partial charge in [-0.1, -0.05) is 0 Å². The Morgan fingerprint density at radius 1 is 1.52 bits per heavy atom. The summed E-state index contributed by atoms with van der Waals surface area (Å²) < 4.78 is 6.35. The van der Waals surface area contributed by atoms with Gasteiger partial charge in [-0.25, -0.2) is 0 Å². The van der Waals surface area contributed by atoms with Crippen molar-refractivity contribution in [2.24, 2.45) is 0 Å². The molecule has 6 heteroatoms. The summed E-state index contributed by atoms with van der Waals surface area (Å²) in [6.45, 7) is 5.25. The van der Waals surface area contributed by atoms with Gasteiger partial charge in [-0.3, -0.25) is 9.78 Å². The Hall–Kier alpha value is -1.66. The molecule has 3 heterocycles. The van der Waals surface area contributed by atoms with Crippen LogP contribution in [0.4, 0.5) is 5.69 Å². The molecule has 0 spiro atoms. The van der Waals surface area contributed by atoms with Gasteiger partial charge in [-0.2, -0.15) is 0 Å². The molecule has 1 aliphatic rings. The number of aromatic nitrogens is 1. The maximum absolute atomic E-state index is 12.7. The van der Waals surface area contributed by atoms with Crippen LogP contribution in [0.5, 0.6) is 0 Å². The minimum absolute atomic E-state index is 0.00491. The molecule has 3 rings (SSSR count). The van der Waals surface area contributed by atoms with E-state index in [0.717, 1.165) is 34.4 Å². The number of hydrogen-bond donors (Lipinski definition) is 1. The molecule has 1 fully saturated rings. The highest BCUT2D eigenvalue weighted by atomic mass is 32.1. The Balaban J connectivity index is 1.99. The third-order valence-electron chi connectivity index (χ3n) is 3.98. The summed E-state index contributed by atoms with van der Waals surface area (Å²) in [6, 6.07) is 1.99. The topological polar surface area (TPSA) is 68.5 Å². The van der Waals surface area contributed by atoms with Crippen LogP contribution in [0.3, 0.4) is 0 Å². The quantitative estimate of drug-likeness (QED) is 0.925. The summed E-state index contributed by atoms with van der Waals surface area (Å²) in [4.78, 5) is 19.6. The highest BCUT2D eigenvalue weighted by Crippen LogP contribution is 2.36. The Morgan fingerprint density at radius 2 is 2.29 bits per heavy atom. The van der Waals surface area contributed by atoms with E-state index in [9.17, 15) is 4.79 Å². The van der Waals surface area contributed by atoms with Crippen molar-refractivity contribution in [2.75, 3.05) is 25.9 Å². The SMILES string of the molecule is COC1CCN(C(=O)c2sc3cc(C)nc(C)c3c2N)C1. The molecule has 0 radical (unpaired) electrons. The molecule has 112 valence electrons. The van der Waals surface area contributed by atoms with Gasteiger partial charge >= 0.3 is 0 Å². The van der Waals surface area contributed by atoms with Gasteiger partial charge in [0.2, 0.25) is 0 Å². The molecule has 1 aliphatic heterocycles. The van der Waals surface area contributed by atoms with Crippen LogP contribution in [0.15, 0.2) is 6.07 Å². The van der Waals surface area contributed by atoms with Gasteiger partial charge < -0.3 is 15.4 Å². The van der Waals surface area contributed by atoms with E-state index >= 15 is 0 Å². The molecule has 5 nitrogen and oxygen atoms in total. The zero-order valence-corrected chi connectivity index (χ0v) is 13.3. The number of rotatable bonds is 2. The molecule has 0 bridgehead atoms. The van der Waals surface area contributed by atoms with Crippen LogP contribution in [-0.2, 0) is 4.74 Å². The number of likely N-dealkylation sites (tertiary alicyclic amines) is 1. The number of carbonyl (C=O) groups is 1. The molecule has 1 atom stereocenters. The predicted molar refractivity (Wildman–Crippen MR) is 84.8 cm³/mol. The largest absolute Gasteiger partial charge is 0.397 e. The number of pyridine rings is 1. The molecule has 1 amide bonds. The molecule has 0 aliphatic carbocycles. The second-order valence-electron chi connectivity index (χ2n) is 5.46. The summed E-state index contributed by atoms with van der Waals surface area (Å²) in [5.74, 6) is 0.00491. The van der Waals surface area contributed by atoms with Gasteiger partial charge in [-0.05, 0) is 26.3 Å². The first-order chi connectivity index (χ1) is 10.0. The van der Waals surface area contributed by atoms with Crippen LogP contribution < -0.4 is 5.73 Å². The number of thiophene rings is 1. The summed E-state index contributed by atoms with van der Waals surface area (Å²) in [5, 5.41) is 0.913. The number of nitrogens with two attached hydrogens (primary N) is 1. The smallest absolute Gasteiger partial charge is 0.266 e. The maximum atomic E-state index is 12.7. The first kappa shape index (κ1) is 14.3.